The van der Waals surface area contributed by atoms with Gasteiger partial charge in [-0.25, -0.2) is 19.2 Å². The number of aromatic hydroxyl groups is 3. The van der Waals surface area contributed by atoms with E-state index in [2.05, 4.69) is 47.0 Å². The third kappa shape index (κ3) is 31.3. The topological polar surface area (TPSA) is 298 Å². The average molecular weight is 1320 g/mol. The minimum atomic E-state index is -2.05. The van der Waals surface area contributed by atoms with Gasteiger partial charge in [-0.15, -0.1) is 0 Å². The number of ether oxygens (including phenoxy) is 3. The lowest BCUT2D eigenvalue weighted by atomic mass is 10.1. The Kier molecular flexibility index (Phi) is 36.3. The second-order valence-electron chi connectivity index (χ2n) is 21.4. The fourth-order valence-electron chi connectivity index (χ4n) is 7.78. The summed E-state index contributed by atoms with van der Waals surface area (Å²) >= 11 is 17.1. The Labute approximate surface area is 541 Å². The lowest BCUT2D eigenvalue weighted by Crippen LogP contribution is -2.44. The number of alkyl carbamates (subject to hydrolysis) is 2. The van der Waals surface area contributed by atoms with Crippen LogP contribution >= 0.6 is 41.7 Å². The van der Waals surface area contributed by atoms with Crippen molar-refractivity contribution in [3.05, 3.63) is 190 Å². The van der Waals surface area contributed by atoms with Crippen LogP contribution < -0.4 is 32.3 Å². The van der Waals surface area contributed by atoms with E-state index in [1.54, 1.807) is 71.9 Å². The van der Waals surface area contributed by atoms with E-state index < -0.39 is 54.3 Å². The lowest BCUT2D eigenvalue weighted by Gasteiger charge is -2.27. The summed E-state index contributed by atoms with van der Waals surface area (Å²) < 4.78 is 14.9. The Bertz CT molecular complexity index is 3190. The molecule has 0 spiro atoms. The molecule has 22 heteroatoms. The van der Waals surface area contributed by atoms with Crippen molar-refractivity contribution in [1.82, 2.24) is 10.6 Å². The second kappa shape index (κ2) is 41.9. The average Bonchev–Trinajstić information content (AvgIpc) is 0.787. The molecule has 1 fully saturated rings. The molecule has 2 atom stereocenters. The van der Waals surface area contributed by atoms with Crippen molar-refractivity contribution in [1.29, 1.82) is 0 Å². The van der Waals surface area contributed by atoms with E-state index >= 15 is 0 Å². The molecular weight excluding hydrogens is 1240 g/mol. The van der Waals surface area contributed by atoms with Crippen LogP contribution in [0.5, 0.6) is 17.2 Å². The van der Waals surface area contributed by atoms with Gasteiger partial charge in [-0.1, -0.05) is 144 Å². The number of phenolic OH excluding ortho intramolecular Hbond substituents is 3. The van der Waals surface area contributed by atoms with Crippen molar-refractivity contribution in [2.24, 2.45) is 5.73 Å². The lowest BCUT2D eigenvalue weighted by molar-refractivity contribution is -0.140. The number of nitrogens with two attached hydrogens (primary N) is 1. The molecule has 0 radical (unpaired) electrons. The number of hydrogen-bond acceptors (Lipinski definition) is 14. The highest BCUT2D eigenvalue weighted by Crippen LogP contribution is 2.43. The maximum atomic E-state index is 11.7. The van der Waals surface area contributed by atoms with Crippen LogP contribution in [0.3, 0.4) is 0 Å². The molecule has 0 unspecified atom stereocenters. The first-order chi connectivity index (χ1) is 42.7. The number of aldehydes is 3. The summed E-state index contributed by atoms with van der Waals surface area (Å²) in [6, 6.07) is 42.7. The number of allylic oxidation sites excluding steroid dienone is 2. The standard InChI is InChI=1S/C20H17OP.C19H26ClNO5.C9H7ClO2.C9H18N2O4.C7H5ClO2.C4H8O/c21-16-17-22(18-10-4-1-5-11-18,19-12-6-2-7-13-19)20-14-8-3-9-15-20;1-19(2,3)26-18(25)21-15(17(23)24)9-7-5-4-6-8-13-12-14(20)10-11-16(13)22;10-8-3-4-9(12)7(6-8)2-1-5-11;1-9(2,3)15-8(14)11-6(4-5-10)7(12)13;8-6-1-2-7(10)5(3-6)4-9;1-2-4-5-3-1/h1-17H;6,8,10-12,15,22H,4-5,7,9H2,1-3H3,(H,21,25)(H,23,24);1-6,12H;6H,4-5,10H2,1-3H3,(H,11,14)(H,12,13);1-4,10H;1-4H2/b;8-6+;2-1+;;;/t;15-;;6-;;/m.0.0../s1. The van der Waals surface area contributed by atoms with Gasteiger partial charge in [-0.2, -0.15) is 0 Å². The summed E-state index contributed by atoms with van der Waals surface area (Å²) in [7, 11) is 0. The second-order valence-corrected chi connectivity index (χ2v) is 26.0. The van der Waals surface area contributed by atoms with E-state index in [9.17, 15) is 48.9 Å². The predicted molar refractivity (Wildman–Crippen MR) is 360 cm³/mol. The largest absolute Gasteiger partial charge is 0.507 e. The van der Waals surface area contributed by atoms with E-state index in [0.717, 1.165) is 25.9 Å². The number of carboxylic acids is 2. The van der Waals surface area contributed by atoms with Crippen molar-refractivity contribution in [3.63, 3.8) is 0 Å². The summed E-state index contributed by atoms with van der Waals surface area (Å²) in [6.07, 6.45) is 12.2. The van der Waals surface area contributed by atoms with Crippen LogP contribution in [-0.2, 0) is 33.4 Å². The number of amides is 2. The SMILES string of the molecule is C1CCOC1.CC(C)(C)OC(=O)N[C@@H](CCCC/C=C/c1cc(Cl)ccc1O)C(=O)O.CC(C)(C)OC(=O)N[C@@H](CCN)C(=O)O.O=C/C=C/c1cc(Cl)ccc1O.O=CC=P(c1ccccc1)(c1ccccc1)c1ccccc1.O=Cc1cc(Cl)ccc1O. The van der Waals surface area contributed by atoms with E-state index in [1.165, 1.54) is 71.2 Å². The van der Waals surface area contributed by atoms with E-state index in [4.69, 9.17) is 65.0 Å². The van der Waals surface area contributed by atoms with Gasteiger partial charge in [0.1, 0.15) is 53.1 Å². The Morgan fingerprint density at radius 2 is 0.956 bits per heavy atom. The quantitative estimate of drug-likeness (QED) is 0.0162. The first kappa shape index (κ1) is 77.9. The van der Waals surface area contributed by atoms with Gasteiger partial charge in [0.15, 0.2) is 6.29 Å². The number of carboxylic acid groups (broad SMARTS) is 2. The summed E-state index contributed by atoms with van der Waals surface area (Å²) in [4.78, 5) is 76.5. The van der Waals surface area contributed by atoms with Gasteiger partial charge >= 0.3 is 24.1 Å². The van der Waals surface area contributed by atoms with Gasteiger partial charge in [0, 0.05) is 39.4 Å². The molecule has 18 nitrogen and oxygen atoms in total. The number of carbonyl (C=O) groups is 7. The molecule has 9 N–H and O–H groups in total. The highest BCUT2D eigenvalue weighted by Gasteiger charge is 2.26. The van der Waals surface area contributed by atoms with Crippen molar-refractivity contribution in [2.75, 3.05) is 19.8 Å². The predicted octanol–water partition coefficient (Wildman–Crippen LogP) is 12.8. The van der Waals surface area contributed by atoms with Gasteiger partial charge in [0.2, 0.25) is 0 Å². The molecule has 6 aromatic carbocycles. The summed E-state index contributed by atoms with van der Waals surface area (Å²) in [5.74, 6) is -0.135. The molecule has 1 aliphatic heterocycles. The third-order valence-electron chi connectivity index (χ3n) is 11.9. The first-order valence-electron chi connectivity index (χ1n) is 28.5. The molecule has 484 valence electrons. The molecular formula is C68H81Cl3N3O15P. The van der Waals surface area contributed by atoms with Crippen LogP contribution in [0.4, 0.5) is 9.59 Å². The number of unbranched alkanes of at least 4 members (excludes halogenated alkanes) is 2. The Hall–Kier alpha value is -8.22. The Balaban J connectivity index is 0.000000389. The van der Waals surface area contributed by atoms with Crippen LogP contribution in [0.2, 0.25) is 15.1 Å². The van der Waals surface area contributed by atoms with Crippen molar-refractivity contribution in [3.8, 4) is 17.2 Å². The van der Waals surface area contributed by atoms with Gasteiger partial charge in [0.25, 0.3) is 0 Å². The van der Waals surface area contributed by atoms with Gasteiger partial charge in [-0.3, -0.25) is 14.4 Å². The van der Waals surface area contributed by atoms with E-state index in [0.29, 0.717) is 58.0 Å². The first-order valence-corrected chi connectivity index (χ1v) is 31.5. The Morgan fingerprint density at radius 3 is 1.29 bits per heavy atom. The van der Waals surface area contributed by atoms with Crippen LogP contribution in [0, 0.1) is 0 Å². The van der Waals surface area contributed by atoms with Crippen LogP contribution in [-0.4, -0.2) is 117 Å². The maximum Gasteiger partial charge on any atom is 0.408 e. The highest BCUT2D eigenvalue weighted by atomic mass is 35.5. The third-order valence-corrected chi connectivity index (χ3v) is 16.5. The zero-order valence-corrected chi connectivity index (χ0v) is 54.3. The zero-order valence-electron chi connectivity index (χ0n) is 51.2. The van der Waals surface area contributed by atoms with E-state index in [-0.39, 0.29) is 35.8 Å². The smallest absolute Gasteiger partial charge is 0.408 e. The fourth-order valence-corrected chi connectivity index (χ4v) is 11.8. The molecule has 1 aliphatic rings. The highest BCUT2D eigenvalue weighted by molar-refractivity contribution is 7.95. The zero-order chi connectivity index (χ0) is 67.1. The summed E-state index contributed by atoms with van der Waals surface area (Å²) in [6.45, 7) is 10.4. The molecule has 1 heterocycles. The minimum absolute atomic E-state index is 0.0422. The molecule has 2 amide bonds. The van der Waals surface area contributed by atoms with Crippen LogP contribution in [0.1, 0.15) is 108 Å². The molecule has 0 aliphatic carbocycles. The maximum absolute atomic E-state index is 11.7. The van der Waals surface area contributed by atoms with Crippen molar-refractivity contribution < 1.29 is 73.3 Å². The van der Waals surface area contributed by atoms with Crippen LogP contribution in [0.25, 0.3) is 12.2 Å². The fraction of sp³-hybridized carbons (Fsp3) is 0.294. The molecule has 90 heavy (non-hydrogen) atoms. The molecule has 0 saturated carbocycles. The molecule has 7 rings (SSSR count). The molecule has 0 aromatic heterocycles. The number of hydrogen-bond donors (Lipinski definition) is 8. The van der Waals surface area contributed by atoms with Gasteiger partial charge in [-0.05, 0) is 182 Å². The van der Waals surface area contributed by atoms with E-state index in [1.807, 2.05) is 66.5 Å². The summed E-state index contributed by atoms with van der Waals surface area (Å²) in [5, 5.41) is 55.5. The van der Waals surface area contributed by atoms with Gasteiger partial charge < -0.3 is 56.1 Å². The number of halogens is 3. The number of aliphatic carboxylic acids is 2. The number of rotatable bonds is 19. The monoisotopic (exact) mass is 1320 g/mol. The normalized spacial score (nSPS) is 12.3. The molecule has 0 bridgehead atoms. The van der Waals surface area contributed by atoms with Crippen molar-refractivity contribution in [2.45, 2.75) is 110 Å². The summed E-state index contributed by atoms with van der Waals surface area (Å²) in [5.41, 5.74) is 5.28. The molecule has 6 aromatic rings. The number of carbonyl (C=O) groups excluding carboxylic acids is 5. The van der Waals surface area contributed by atoms with Crippen LogP contribution in [0.15, 0.2) is 158 Å². The Morgan fingerprint density at radius 1 is 0.567 bits per heavy atom. The number of nitrogens with one attached hydrogen (secondary N) is 2. The minimum Gasteiger partial charge on any atom is -0.507 e. The van der Waals surface area contributed by atoms with Gasteiger partial charge in [0.05, 0.1) is 5.56 Å². The van der Waals surface area contributed by atoms with Crippen molar-refractivity contribution >= 4 is 119 Å². The number of phenols is 3. The number of benzene rings is 6. The molecule has 1 saturated heterocycles.